The van der Waals surface area contributed by atoms with Gasteiger partial charge in [0.25, 0.3) is 10.0 Å². The molecular formula is C21H26ClF3N4O3S. The highest BCUT2D eigenvalue weighted by molar-refractivity contribution is 7.92. The van der Waals surface area contributed by atoms with Crippen LogP contribution in [0, 0.1) is 17.6 Å². The van der Waals surface area contributed by atoms with Crippen LogP contribution in [-0.4, -0.2) is 63.7 Å². The van der Waals surface area contributed by atoms with Gasteiger partial charge in [0.15, 0.2) is 10.7 Å². The van der Waals surface area contributed by atoms with Crippen LogP contribution in [0.5, 0.6) is 0 Å². The molecule has 0 spiro atoms. The third-order valence-electron chi connectivity index (χ3n) is 6.52. The van der Waals surface area contributed by atoms with Gasteiger partial charge in [-0.3, -0.25) is 4.72 Å². The van der Waals surface area contributed by atoms with Crippen molar-refractivity contribution in [1.82, 2.24) is 9.88 Å². The first-order chi connectivity index (χ1) is 15.3. The van der Waals surface area contributed by atoms with E-state index in [1.165, 1.54) is 6.07 Å². The van der Waals surface area contributed by atoms with Crippen molar-refractivity contribution in [1.29, 1.82) is 0 Å². The zero-order chi connectivity index (χ0) is 24.8. The summed E-state index contributed by atoms with van der Waals surface area (Å²) in [4.78, 5) is 5.75. The lowest BCUT2D eigenvalue weighted by Gasteiger charge is -2.47. The zero-order valence-corrected chi connectivity index (χ0v) is 20.5. The molecule has 1 aromatic carbocycles. The first kappa shape index (κ1) is 25.5. The topological polar surface area (TPSA) is 74.8 Å². The standard InChI is InChI=1S/C21H26ClF3N4O3S/c1-20(2,28(3)4)21(32-5)9-10-29(12-21)14-11-13(23)19(18(25)17(14)22)33(30,31)27-16-8-6-7-15(24)26-16/h6-8,11H,9-10,12H2,1-5H3,(H,26,27). The van der Waals surface area contributed by atoms with Gasteiger partial charge in [-0.25, -0.2) is 22.2 Å². The molecule has 3 rings (SSSR count). The number of hydrogen-bond acceptors (Lipinski definition) is 6. The van der Waals surface area contributed by atoms with E-state index in [1.807, 2.05) is 37.6 Å². The second kappa shape index (κ2) is 8.94. The largest absolute Gasteiger partial charge is 0.374 e. The van der Waals surface area contributed by atoms with Gasteiger partial charge < -0.3 is 14.5 Å². The molecule has 1 atom stereocenters. The molecule has 1 unspecified atom stereocenters. The van der Waals surface area contributed by atoms with Crippen molar-refractivity contribution in [2.45, 2.75) is 36.3 Å². The second-order valence-corrected chi connectivity index (χ2v) is 10.6. The van der Waals surface area contributed by atoms with Crippen LogP contribution in [0.2, 0.25) is 5.02 Å². The number of sulfonamides is 1. The average molecular weight is 507 g/mol. The molecule has 0 bridgehead atoms. The third-order valence-corrected chi connectivity index (χ3v) is 8.27. The minimum absolute atomic E-state index is 0.0166. The summed E-state index contributed by atoms with van der Waals surface area (Å²) in [6.07, 6.45) is 0.557. The Balaban J connectivity index is 1.98. The van der Waals surface area contributed by atoms with Crippen LogP contribution >= 0.6 is 11.6 Å². The zero-order valence-electron chi connectivity index (χ0n) is 18.9. The second-order valence-electron chi connectivity index (χ2n) is 8.61. The van der Waals surface area contributed by atoms with E-state index < -0.39 is 54.5 Å². The summed E-state index contributed by atoms with van der Waals surface area (Å²) in [5, 5.41) is -0.543. The van der Waals surface area contributed by atoms with E-state index in [-0.39, 0.29) is 12.2 Å². The minimum atomic E-state index is -4.78. The monoisotopic (exact) mass is 506 g/mol. The number of likely N-dealkylation sites (N-methyl/N-ethyl adjacent to an activating group) is 1. The molecule has 2 heterocycles. The van der Waals surface area contributed by atoms with E-state index in [0.29, 0.717) is 13.0 Å². The quantitative estimate of drug-likeness (QED) is 0.453. The number of nitrogens with one attached hydrogen (secondary N) is 1. The van der Waals surface area contributed by atoms with Gasteiger partial charge in [-0.2, -0.15) is 4.39 Å². The van der Waals surface area contributed by atoms with Crippen molar-refractivity contribution >= 4 is 33.1 Å². The molecule has 1 fully saturated rings. The molecule has 2 aromatic rings. The first-order valence-electron chi connectivity index (χ1n) is 10.1. The lowest BCUT2D eigenvalue weighted by Crippen LogP contribution is -2.60. The van der Waals surface area contributed by atoms with Crippen LogP contribution in [-0.2, 0) is 14.8 Å². The first-order valence-corrected chi connectivity index (χ1v) is 11.9. The van der Waals surface area contributed by atoms with E-state index in [4.69, 9.17) is 16.3 Å². The fourth-order valence-electron chi connectivity index (χ4n) is 4.01. The molecule has 1 aliphatic rings. The normalized spacial score (nSPS) is 19.4. The number of anilines is 2. The molecule has 0 aliphatic carbocycles. The lowest BCUT2D eigenvalue weighted by atomic mass is 9.80. The third kappa shape index (κ3) is 4.51. The molecule has 33 heavy (non-hydrogen) atoms. The molecule has 1 saturated heterocycles. The Labute approximate surface area is 196 Å². The van der Waals surface area contributed by atoms with Crippen LogP contribution in [0.15, 0.2) is 29.2 Å². The Morgan fingerprint density at radius 3 is 2.52 bits per heavy atom. The van der Waals surface area contributed by atoms with Crippen LogP contribution < -0.4 is 9.62 Å². The van der Waals surface area contributed by atoms with Gasteiger partial charge in [0, 0.05) is 31.8 Å². The van der Waals surface area contributed by atoms with Gasteiger partial charge in [-0.05, 0) is 46.5 Å². The Kier molecular flexibility index (Phi) is 6.92. The van der Waals surface area contributed by atoms with E-state index in [2.05, 4.69) is 4.98 Å². The number of aromatic nitrogens is 1. The fourth-order valence-corrected chi connectivity index (χ4v) is 5.48. The molecular weight excluding hydrogens is 481 g/mol. The van der Waals surface area contributed by atoms with Crippen molar-refractivity contribution in [2.75, 3.05) is 43.9 Å². The Hall–Kier alpha value is -2.08. The van der Waals surface area contributed by atoms with Crippen molar-refractivity contribution in [3.63, 3.8) is 0 Å². The van der Waals surface area contributed by atoms with Crippen molar-refractivity contribution in [2.24, 2.45) is 0 Å². The van der Waals surface area contributed by atoms with Crippen molar-refractivity contribution in [3.05, 3.63) is 46.9 Å². The lowest BCUT2D eigenvalue weighted by molar-refractivity contribution is -0.0939. The van der Waals surface area contributed by atoms with Gasteiger partial charge >= 0.3 is 0 Å². The maximum Gasteiger partial charge on any atom is 0.268 e. The SMILES string of the molecule is COC1(C(C)(C)N(C)C)CCN(c2cc(F)c(S(=O)(=O)Nc3cccc(F)n3)c(F)c2Cl)C1. The Bertz CT molecular complexity index is 1160. The number of halogens is 4. The van der Waals surface area contributed by atoms with E-state index >= 15 is 4.39 Å². The van der Waals surface area contributed by atoms with Crippen molar-refractivity contribution < 1.29 is 26.3 Å². The Morgan fingerprint density at radius 1 is 1.27 bits per heavy atom. The molecule has 0 amide bonds. The maximum atomic E-state index is 15.1. The van der Waals surface area contributed by atoms with Crippen molar-refractivity contribution in [3.8, 4) is 0 Å². The van der Waals surface area contributed by atoms with E-state index in [9.17, 15) is 17.2 Å². The predicted octanol–water partition coefficient (Wildman–Crippen LogP) is 3.89. The predicted molar refractivity (Wildman–Crippen MR) is 121 cm³/mol. The summed E-state index contributed by atoms with van der Waals surface area (Å²) in [5.41, 5.74) is -1.07. The molecule has 1 aliphatic heterocycles. The maximum absolute atomic E-state index is 15.1. The molecule has 1 aromatic heterocycles. The van der Waals surface area contributed by atoms with Crippen LogP contribution in [0.1, 0.15) is 20.3 Å². The van der Waals surface area contributed by atoms with Gasteiger partial charge in [0.1, 0.15) is 22.3 Å². The minimum Gasteiger partial charge on any atom is -0.374 e. The number of hydrogen-bond donors (Lipinski definition) is 1. The molecule has 182 valence electrons. The molecule has 12 heteroatoms. The molecule has 0 radical (unpaired) electrons. The van der Waals surface area contributed by atoms with Gasteiger partial charge in [-0.15, -0.1) is 0 Å². The molecule has 7 nitrogen and oxygen atoms in total. The number of benzene rings is 1. The van der Waals surface area contributed by atoms with Gasteiger partial charge in [-0.1, -0.05) is 17.7 Å². The highest BCUT2D eigenvalue weighted by Crippen LogP contribution is 2.43. The molecule has 0 saturated carbocycles. The summed E-state index contributed by atoms with van der Waals surface area (Å²) < 4.78 is 76.4. The summed E-state index contributed by atoms with van der Waals surface area (Å²) in [7, 11) is 0.628. The highest BCUT2D eigenvalue weighted by atomic mass is 35.5. The van der Waals surface area contributed by atoms with E-state index in [0.717, 1.165) is 18.2 Å². The Morgan fingerprint density at radius 2 is 1.94 bits per heavy atom. The van der Waals surface area contributed by atoms with E-state index in [1.54, 1.807) is 12.0 Å². The van der Waals surface area contributed by atoms with Gasteiger partial charge in [0.2, 0.25) is 5.95 Å². The number of rotatable bonds is 7. The highest BCUT2D eigenvalue weighted by Gasteiger charge is 2.51. The fraction of sp³-hybridized carbons (Fsp3) is 0.476. The van der Waals surface area contributed by atoms with Gasteiger partial charge in [0.05, 0.1) is 5.69 Å². The number of ether oxygens (including phenoxy) is 1. The average Bonchev–Trinajstić information content (AvgIpc) is 3.16. The van der Waals surface area contributed by atoms with Crippen LogP contribution in [0.25, 0.3) is 0 Å². The van der Waals surface area contributed by atoms with Crippen LogP contribution in [0.4, 0.5) is 24.7 Å². The number of methoxy groups -OCH3 is 1. The van der Waals surface area contributed by atoms with Crippen LogP contribution in [0.3, 0.4) is 0 Å². The number of pyridine rings is 1. The number of nitrogens with zero attached hydrogens (tertiary/aromatic N) is 3. The summed E-state index contributed by atoms with van der Waals surface area (Å²) >= 11 is 6.20. The summed E-state index contributed by atoms with van der Waals surface area (Å²) in [6, 6.07) is 4.23. The summed E-state index contributed by atoms with van der Waals surface area (Å²) in [6.45, 7) is 4.68. The molecule has 1 N–H and O–H groups in total. The smallest absolute Gasteiger partial charge is 0.268 e. The summed E-state index contributed by atoms with van der Waals surface area (Å²) in [5.74, 6) is -4.17.